The largest absolute Gasteiger partial charge is 0.497 e. The van der Waals surface area contributed by atoms with E-state index >= 15 is 0 Å². The molecular formula is C21H21N5O. The van der Waals surface area contributed by atoms with Crippen molar-refractivity contribution in [3.63, 3.8) is 0 Å². The number of aryl methyl sites for hydroxylation is 1. The first-order chi connectivity index (χ1) is 13.2. The maximum Gasteiger partial charge on any atom is 0.169 e. The van der Waals surface area contributed by atoms with Crippen LogP contribution in [0.1, 0.15) is 42.8 Å². The van der Waals surface area contributed by atoms with Gasteiger partial charge in [0.25, 0.3) is 0 Å². The van der Waals surface area contributed by atoms with E-state index in [0.717, 1.165) is 40.2 Å². The fourth-order valence-electron chi connectivity index (χ4n) is 4.18. The summed E-state index contributed by atoms with van der Waals surface area (Å²) in [5.41, 5.74) is 6.39. The van der Waals surface area contributed by atoms with E-state index in [9.17, 15) is 0 Å². The third-order valence-electron chi connectivity index (χ3n) is 5.47. The summed E-state index contributed by atoms with van der Waals surface area (Å²) in [5.74, 6) is 2.02. The normalized spacial score (nSPS) is 16.6. The summed E-state index contributed by atoms with van der Waals surface area (Å²) >= 11 is 0. The van der Waals surface area contributed by atoms with Crippen LogP contribution >= 0.6 is 0 Å². The van der Waals surface area contributed by atoms with Crippen molar-refractivity contribution in [3.05, 3.63) is 47.7 Å². The molecule has 6 heteroatoms. The van der Waals surface area contributed by atoms with Crippen LogP contribution in [0.4, 0.5) is 0 Å². The van der Waals surface area contributed by atoms with Gasteiger partial charge in [0.05, 0.1) is 12.5 Å². The molecular weight excluding hydrogens is 338 g/mol. The Morgan fingerprint density at radius 1 is 1.15 bits per heavy atom. The van der Waals surface area contributed by atoms with Gasteiger partial charge in [0.1, 0.15) is 17.9 Å². The van der Waals surface area contributed by atoms with Crippen molar-refractivity contribution >= 4 is 16.7 Å². The van der Waals surface area contributed by atoms with Gasteiger partial charge in [0, 0.05) is 11.3 Å². The molecule has 0 fully saturated rings. The molecule has 0 spiro atoms. The number of aromatic nitrogens is 5. The third kappa shape index (κ3) is 2.47. The summed E-state index contributed by atoms with van der Waals surface area (Å²) in [7, 11) is 1.69. The monoisotopic (exact) mass is 359 g/mol. The van der Waals surface area contributed by atoms with Crippen molar-refractivity contribution in [2.45, 2.75) is 39.0 Å². The lowest BCUT2D eigenvalue weighted by Crippen LogP contribution is -2.12. The molecule has 3 aromatic heterocycles. The fraction of sp³-hybridized carbons (Fsp3) is 0.333. The molecule has 5 rings (SSSR count). The molecule has 0 saturated heterocycles. The molecule has 0 radical (unpaired) electrons. The van der Waals surface area contributed by atoms with Crippen LogP contribution in [0, 0.1) is 6.92 Å². The molecule has 3 heterocycles. The molecule has 0 aliphatic heterocycles. The highest BCUT2D eigenvalue weighted by Gasteiger charge is 2.26. The zero-order valence-electron chi connectivity index (χ0n) is 15.7. The second-order valence-electron chi connectivity index (χ2n) is 7.24. The van der Waals surface area contributed by atoms with Gasteiger partial charge >= 0.3 is 0 Å². The maximum absolute atomic E-state index is 5.34. The Bertz CT molecular complexity index is 1160. The van der Waals surface area contributed by atoms with Gasteiger partial charge in [-0.25, -0.2) is 19.5 Å². The second-order valence-corrected chi connectivity index (χ2v) is 7.24. The predicted octanol–water partition coefficient (Wildman–Crippen LogP) is 4.10. The summed E-state index contributed by atoms with van der Waals surface area (Å²) in [5, 5.41) is 5.43. The number of rotatable bonds is 2. The Morgan fingerprint density at radius 3 is 2.74 bits per heavy atom. The van der Waals surface area contributed by atoms with Gasteiger partial charge in [0.15, 0.2) is 11.3 Å². The molecule has 27 heavy (non-hydrogen) atoms. The van der Waals surface area contributed by atoms with Gasteiger partial charge in [-0.15, -0.1) is 0 Å². The highest BCUT2D eigenvalue weighted by molar-refractivity contribution is 6.03. The maximum atomic E-state index is 5.34. The number of nitrogens with zero attached hydrogens (tertiary/aromatic N) is 5. The molecule has 0 saturated carbocycles. The lowest BCUT2D eigenvalue weighted by atomic mass is 9.82. The standard InChI is InChI=1S/C21H21N5O/c1-12-5-4-6-16-17(14-7-9-15(27-3)10-8-14)18-20(24-19(12)16)22-11-26-21(18)23-13(2)25-26/h7-12H,4-6H2,1-3H3. The Kier molecular flexibility index (Phi) is 3.60. The summed E-state index contributed by atoms with van der Waals surface area (Å²) in [6.45, 7) is 4.16. The van der Waals surface area contributed by atoms with E-state index in [-0.39, 0.29) is 0 Å². The van der Waals surface area contributed by atoms with Gasteiger partial charge in [-0.3, -0.25) is 0 Å². The molecule has 0 amide bonds. The minimum Gasteiger partial charge on any atom is -0.497 e. The highest BCUT2D eigenvalue weighted by atomic mass is 16.5. The number of hydrogen-bond acceptors (Lipinski definition) is 5. The van der Waals surface area contributed by atoms with Crippen LogP contribution in [0.3, 0.4) is 0 Å². The Morgan fingerprint density at radius 2 is 1.96 bits per heavy atom. The van der Waals surface area contributed by atoms with Crippen LogP contribution < -0.4 is 4.74 Å². The number of fused-ring (bicyclic) bond motifs is 4. The first-order valence-corrected chi connectivity index (χ1v) is 9.34. The molecule has 1 aliphatic rings. The van der Waals surface area contributed by atoms with E-state index in [4.69, 9.17) is 9.72 Å². The highest BCUT2D eigenvalue weighted by Crippen LogP contribution is 2.41. The fourth-order valence-corrected chi connectivity index (χ4v) is 4.18. The van der Waals surface area contributed by atoms with Gasteiger partial charge in [0.2, 0.25) is 0 Å². The van der Waals surface area contributed by atoms with E-state index in [1.165, 1.54) is 29.7 Å². The van der Waals surface area contributed by atoms with Crippen molar-refractivity contribution in [1.82, 2.24) is 24.6 Å². The molecule has 1 aromatic carbocycles. The Balaban J connectivity index is 1.92. The zero-order chi connectivity index (χ0) is 18.5. The number of pyridine rings is 1. The third-order valence-corrected chi connectivity index (χ3v) is 5.47. The lowest BCUT2D eigenvalue weighted by molar-refractivity contribution is 0.415. The summed E-state index contributed by atoms with van der Waals surface area (Å²) < 4.78 is 7.10. The number of methoxy groups -OCH3 is 1. The van der Waals surface area contributed by atoms with E-state index in [1.807, 2.05) is 19.1 Å². The summed E-state index contributed by atoms with van der Waals surface area (Å²) in [6.07, 6.45) is 5.08. The van der Waals surface area contributed by atoms with Crippen molar-refractivity contribution in [1.29, 1.82) is 0 Å². The van der Waals surface area contributed by atoms with E-state index in [2.05, 4.69) is 34.1 Å². The van der Waals surface area contributed by atoms with Crippen molar-refractivity contribution in [2.75, 3.05) is 7.11 Å². The van der Waals surface area contributed by atoms with E-state index in [1.54, 1.807) is 18.0 Å². The number of hydrogen-bond donors (Lipinski definition) is 0. The molecule has 136 valence electrons. The van der Waals surface area contributed by atoms with Crippen molar-refractivity contribution in [3.8, 4) is 16.9 Å². The van der Waals surface area contributed by atoms with Gasteiger partial charge < -0.3 is 4.74 Å². The second kappa shape index (κ2) is 6.01. The van der Waals surface area contributed by atoms with E-state index in [0.29, 0.717) is 5.92 Å². The number of ether oxygens (including phenoxy) is 1. The van der Waals surface area contributed by atoms with Gasteiger partial charge in [-0.1, -0.05) is 19.1 Å². The molecule has 0 N–H and O–H groups in total. The first-order valence-electron chi connectivity index (χ1n) is 9.34. The SMILES string of the molecule is COc1ccc(-c2c3c(nc4ncn5nc(C)nc5c24)C(C)CCC3)cc1. The zero-order valence-corrected chi connectivity index (χ0v) is 15.7. The van der Waals surface area contributed by atoms with Crippen LogP contribution in [0.5, 0.6) is 5.75 Å². The van der Waals surface area contributed by atoms with Crippen LogP contribution in [0.15, 0.2) is 30.6 Å². The van der Waals surface area contributed by atoms with E-state index < -0.39 is 0 Å². The lowest BCUT2D eigenvalue weighted by Gasteiger charge is -2.25. The molecule has 0 bridgehead atoms. The Labute approximate surface area is 157 Å². The average Bonchev–Trinajstić information content (AvgIpc) is 3.07. The van der Waals surface area contributed by atoms with Crippen LogP contribution in [0.25, 0.3) is 27.8 Å². The Hall–Kier alpha value is -3.02. The molecule has 6 nitrogen and oxygen atoms in total. The smallest absolute Gasteiger partial charge is 0.169 e. The van der Waals surface area contributed by atoms with Gasteiger partial charge in [-0.05, 0) is 55.4 Å². The summed E-state index contributed by atoms with van der Waals surface area (Å²) in [4.78, 5) is 14.2. The molecule has 1 atom stereocenters. The topological polar surface area (TPSA) is 65.2 Å². The predicted molar refractivity (Wildman–Crippen MR) is 104 cm³/mol. The number of benzene rings is 1. The molecule has 1 unspecified atom stereocenters. The quantitative estimate of drug-likeness (QED) is 0.539. The minimum absolute atomic E-state index is 0.438. The first kappa shape index (κ1) is 16.2. The minimum atomic E-state index is 0.438. The average molecular weight is 359 g/mol. The van der Waals surface area contributed by atoms with Crippen LogP contribution in [-0.2, 0) is 6.42 Å². The summed E-state index contributed by atoms with van der Waals surface area (Å²) in [6, 6.07) is 8.23. The van der Waals surface area contributed by atoms with Crippen LogP contribution in [-0.4, -0.2) is 31.7 Å². The molecule has 4 aromatic rings. The molecule has 1 aliphatic carbocycles. The van der Waals surface area contributed by atoms with Crippen molar-refractivity contribution < 1.29 is 4.74 Å². The van der Waals surface area contributed by atoms with Gasteiger partial charge in [-0.2, -0.15) is 5.10 Å². The van der Waals surface area contributed by atoms with Crippen LogP contribution in [0.2, 0.25) is 0 Å². The van der Waals surface area contributed by atoms with Crippen molar-refractivity contribution in [2.24, 2.45) is 0 Å².